The van der Waals surface area contributed by atoms with Crippen LogP contribution < -0.4 is 43.2 Å². The van der Waals surface area contributed by atoms with Crippen molar-refractivity contribution in [3.05, 3.63) is 133 Å². The third-order valence-corrected chi connectivity index (χ3v) is 13.8. The van der Waals surface area contributed by atoms with Crippen LogP contribution in [-0.2, 0) is 57.8 Å². The number of amides is 5. The Bertz CT molecular complexity index is 2850. The van der Waals surface area contributed by atoms with E-state index < -0.39 is 48.2 Å². The summed E-state index contributed by atoms with van der Waals surface area (Å²) < 4.78 is 32.1. The maximum absolute atomic E-state index is 15.4. The van der Waals surface area contributed by atoms with Crippen LogP contribution >= 0.6 is 0 Å². The van der Waals surface area contributed by atoms with E-state index in [1.165, 1.54) is 25.3 Å². The topological polar surface area (TPSA) is 290 Å². The molecule has 0 radical (unpaired) electrons. The molecule has 5 heterocycles. The number of fused-ring (bicyclic) bond motifs is 4. The number of aliphatic imine (C=N–C) groups is 1. The van der Waals surface area contributed by atoms with E-state index in [1.807, 2.05) is 30.3 Å². The Morgan fingerprint density at radius 2 is 1.78 bits per heavy atom. The summed E-state index contributed by atoms with van der Waals surface area (Å²) in [5.74, 6) is -2.60. The van der Waals surface area contributed by atoms with Gasteiger partial charge in [0.05, 0.1) is 66.8 Å². The van der Waals surface area contributed by atoms with E-state index in [4.69, 9.17) is 15.2 Å². The minimum absolute atomic E-state index is 0.0248. The number of carbonyl (C=O) groups is 6. The molecule has 1 aromatic carbocycles. The number of hydrogen-bond donors (Lipinski definition) is 8. The maximum atomic E-state index is 15.4. The average molecular weight is 1020 g/mol. The number of rotatable bonds is 24. The Labute approximate surface area is 425 Å². The van der Waals surface area contributed by atoms with Gasteiger partial charge < -0.3 is 56.2 Å². The molecule has 4 aliphatic heterocycles. The first kappa shape index (κ1) is 52.8. The van der Waals surface area contributed by atoms with E-state index in [0.717, 1.165) is 32.8 Å². The van der Waals surface area contributed by atoms with Gasteiger partial charge in [0.15, 0.2) is 0 Å². The molecule has 6 aliphatic rings. The third kappa shape index (κ3) is 11.9. The Morgan fingerprint density at radius 1 is 1.01 bits per heavy atom. The Kier molecular flexibility index (Phi) is 16.8. The van der Waals surface area contributed by atoms with Crippen molar-refractivity contribution in [2.24, 2.45) is 10.7 Å². The largest absolute Gasteiger partial charge is 0.454 e. The molecule has 1 aromatic heterocycles. The van der Waals surface area contributed by atoms with Gasteiger partial charge in [-0.15, -0.1) is 0 Å². The number of aromatic nitrogens is 1. The molecule has 10 N–H and O–H groups in total. The molecule has 0 spiro atoms. The molecule has 0 fully saturated rings. The third-order valence-electron chi connectivity index (χ3n) is 13.8. The minimum Gasteiger partial charge on any atom is -0.454 e. The first-order valence-corrected chi connectivity index (χ1v) is 24.6. The number of aliphatic hydroxyl groups excluding tert-OH is 1. The number of imide groups is 1. The van der Waals surface area contributed by atoms with Crippen LogP contribution in [0, 0.1) is 0 Å². The van der Waals surface area contributed by atoms with Gasteiger partial charge in [-0.1, -0.05) is 43.3 Å². The molecule has 2 aromatic rings. The van der Waals surface area contributed by atoms with Gasteiger partial charge in [-0.25, -0.2) is 9.18 Å². The van der Waals surface area contributed by atoms with Gasteiger partial charge in [0.25, 0.3) is 23.5 Å². The first-order valence-electron chi connectivity index (χ1n) is 24.6. The second kappa shape index (κ2) is 23.6. The van der Waals surface area contributed by atoms with Crippen molar-refractivity contribution in [1.82, 2.24) is 41.4 Å². The quantitative estimate of drug-likeness (QED) is 0.0133. The van der Waals surface area contributed by atoms with E-state index in [-0.39, 0.29) is 87.5 Å². The van der Waals surface area contributed by atoms with Crippen molar-refractivity contribution in [1.29, 1.82) is 0 Å². The van der Waals surface area contributed by atoms with E-state index in [1.54, 1.807) is 17.6 Å². The lowest BCUT2D eigenvalue weighted by Gasteiger charge is -2.41. The predicted octanol–water partition coefficient (Wildman–Crippen LogP) is 0.231. The Balaban J connectivity index is 0.800. The number of halogens is 1. The zero-order valence-electron chi connectivity index (χ0n) is 41.3. The molecule has 0 saturated heterocycles. The Morgan fingerprint density at radius 3 is 2.54 bits per heavy atom. The number of aliphatic hydroxyl groups is 3. The van der Waals surface area contributed by atoms with Gasteiger partial charge in [0.1, 0.15) is 44.9 Å². The van der Waals surface area contributed by atoms with Crippen LogP contribution in [0.1, 0.15) is 73.9 Å². The highest BCUT2D eigenvalue weighted by Gasteiger charge is 2.45. The number of pyridine rings is 1. The van der Waals surface area contributed by atoms with Crippen molar-refractivity contribution < 1.29 is 52.5 Å². The van der Waals surface area contributed by atoms with Gasteiger partial charge in [-0.2, -0.15) is 0 Å². The van der Waals surface area contributed by atoms with Crippen LogP contribution in [0.15, 0.2) is 110 Å². The summed E-state index contributed by atoms with van der Waals surface area (Å²) in [6.07, 6.45) is 5.20. The number of ether oxygens (including phenoxy) is 3. The monoisotopic (exact) mass is 1020 g/mol. The number of esters is 1. The number of allylic oxidation sites excluding steroid dienone is 2. The standard InChI is InChI=1S/C52H61FN10O11/c1-28-31-13-14-36(48-33-24-63-39(49(33)61-38(47(31)48)20-35(28)53)19-32-34(51(63)70)25-74-52(71)50(32)72-3)60-44(67)26-73-27-58-43(66)22-55-29(2)37(18-30-10-6-4-7-11-30)59-40(54)21-56-42(65)23-57-41(64)12-8-5-9-17-62-45(68)15-16-46(62)69/h4,6-7,10-11,15-16,19-20,36-38,42,50,55-56,61,65H,2,5,8-9,12-14,17-18,21-27H2,1,3H3,(H2,54,59)(H,57,64)(H,58,66)(H,60,67)/p+1/t36-,37?,38?,42?,50?/m0/s1. The molecule has 5 amide bonds. The summed E-state index contributed by atoms with van der Waals surface area (Å²) in [5.41, 5.74) is 13.1. The Hall–Kier alpha value is -7.53. The fraction of sp³-hybridized carbons (Fsp3) is 0.423. The molecule has 4 unspecified atom stereocenters. The molecule has 0 saturated carbocycles. The van der Waals surface area contributed by atoms with Gasteiger partial charge in [-0.3, -0.25) is 44.0 Å². The number of carbonyl (C=O) groups excluding carboxylic acids is 6. The van der Waals surface area contributed by atoms with Crippen LogP contribution in [0.3, 0.4) is 0 Å². The molecule has 8 rings (SSSR count). The summed E-state index contributed by atoms with van der Waals surface area (Å²) in [6, 6.07) is 9.54. The van der Waals surface area contributed by atoms with Crippen LogP contribution in [0.2, 0.25) is 0 Å². The molecule has 0 bridgehead atoms. The number of cyclic esters (lactones) is 1. The van der Waals surface area contributed by atoms with Crippen molar-refractivity contribution >= 4 is 47.0 Å². The summed E-state index contributed by atoms with van der Waals surface area (Å²) in [4.78, 5) is 94.4. The van der Waals surface area contributed by atoms with Crippen molar-refractivity contribution in [3.63, 3.8) is 0 Å². The number of benzene rings is 1. The van der Waals surface area contributed by atoms with E-state index in [0.29, 0.717) is 78.9 Å². The number of dihydropyridines is 1. The minimum atomic E-state index is -1.13. The molecule has 392 valence electrons. The second-order valence-electron chi connectivity index (χ2n) is 18.7. The lowest BCUT2D eigenvalue weighted by molar-refractivity contribution is -0.176. The van der Waals surface area contributed by atoms with Gasteiger partial charge in [0, 0.05) is 42.8 Å². The molecule has 21 nitrogen and oxygen atoms in total. The maximum Gasteiger partial charge on any atom is 0.392 e. The van der Waals surface area contributed by atoms with Crippen LogP contribution in [0.25, 0.3) is 5.70 Å². The summed E-state index contributed by atoms with van der Waals surface area (Å²) in [6.45, 7) is 5.17. The molecule has 22 heteroatoms. The number of nitrogens with one attached hydrogen (secondary N) is 6. The molecule has 2 aliphatic carbocycles. The first-order chi connectivity index (χ1) is 35.6. The summed E-state index contributed by atoms with van der Waals surface area (Å²) >= 11 is 0. The highest BCUT2D eigenvalue weighted by atomic mass is 19.1. The van der Waals surface area contributed by atoms with Gasteiger partial charge in [0.2, 0.25) is 17.7 Å². The van der Waals surface area contributed by atoms with Crippen LogP contribution in [-0.4, -0.2) is 132 Å². The smallest absolute Gasteiger partial charge is 0.392 e. The molecular weight excluding hydrogens is 960 g/mol. The molecule has 5 atom stereocenters. The fourth-order valence-corrected chi connectivity index (χ4v) is 9.97. The SMILES string of the molecule is C=C(NCC(=O)NCOCC(=O)N[C@H]1CCC2=C(C)C(F)=CC3NC4=C(Cn5c4cc4c(c5=O)COC(=O)C4[OH+]C)C1=C23)C(Cc1ccccc1)N=C(N)CNC(O)CNC(=O)CCCCCN1C(=O)C=CC1=O. The highest BCUT2D eigenvalue weighted by Crippen LogP contribution is 2.48. The number of nitrogens with zero attached hydrogens (tertiary/aromatic N) is 3. The van der Waals surface area contributed by atoms with E-state index in [2.05, 4.69) is 48.2 Å². The van der Waals surface area contributed by atoms with Crippen molar-refractivity contribution in [2.75, 3.05) is 46.6 Å². The fourth-order valence-electron chi connectivity index (χ4n) is 9.97. The molecule has 74 heavy (non-hydrogen) atoms. The summed E-state index contributed by atoms with van der Waals surface area (Å²) in [7, 11) is 1.49. The number of amidine groups is 1. The average Bonchev–Trinajstić information content (AvgIpc) is 3.92. The highest BCUT2D eigenvalue weighted by molar-refractivity contribution is 6.12. The second-order valence-corrected chi connectivity index (χ2v) is 18.7. The van der Waals surface area contributed by atoms with Crippen LogP contribution in [0.4, 0.5) is 4.39 Å². The number of hydrogen-bond acceptors (Lipinski definition) is 14. The number of unbranched alkanes of at least 4 members (excludes halogenated alkanes) is 2. The zero-order valence-corrected chi connectivity index (χ0v) is 41.3. The van der Waals surface area contributed by atoms with E-state index in [9.17, 15) is 38.7 Å². The number of nitrogens with two attached hydrogens (primary N) is 1. The summed E-state index contributed by atoms with van der Waals surface area (Å²) in [5, 5.41) is 28.1. The van der Waals surface area contributed by atoms with Gasteiger partial charge in [-0.05, 0) is 72.6 Å². The van der Waals surface area contributed by atoms with Crippen LogP contribution in [0.5, 0.6) is 0 Å². The molecular formula is C52H62FN10O11+. The lowest BCUT2D eigenvalue weighted by Crippen LogP contribution is -2.46. The van der Waals surface area contributed by atoms with Crippen molar-refractivity contribution in [3.8, 4) is 0 Å². The van der Waals surface area contributed by atoms with Crippen molar-refractivity contribution in [2.45, 2.75) is 95.5 Å². The van der Waals surface area contributed by atoms with Gasteiger partial charge >= 0.3 is 5.97 Å². The normalized spacial score (nSPS) is 20.5. The predicted molar refractivity (Wildman–Crippen MR) is 268 cm³/mol. The van der Waals surface area contributed by atoms with E-state index >= 15 is 4.39 Å². The lowest BCUT2D eigenvalue weighted by atomic mass is 9.72. The zero-order chi connectivity index (χ0) is 52.6.